The van der Waals surface area contributed by atoms with Gasteiger partial charge in [-0.25, -0.2) is 0 Å². The molecular weight excluding hydrogens is 442 g/mol. The van der Waals surface area contributed by atoms with Crippen LogP contribution in [0.15, 0.2) is 77.2 Å². The molecule has 0 radical (unpaired) electrons. The normalized spacial score (nSPS) is 11.8. The van der Waals surface area contributed by atoms with Crippen LogP contribution in [0, 0.1) is 0 Å². The fourth-order valence-electron chi connectivity index (χ4n) is 3.36. The van der Waals surface area contributed by atoms with Crippen LogP contribution in [0.3, 0.4) is 0 Å². The average molecular weight is 464 g/mol. The monoisotopic (exact) mass is 463 g/mol. The van der Waals surface area contributed by atoms with E-state index in [1.165, 1.54) is 7.11 Å². The van der Waals surface area contributed by atoms with Crippen molar-refractivity contribution >= 4 is 17.6 Å². The second-order valence-corrected chi connectivity index (χ2v) is 7.66. The van der Waals surface area contributed by atoms with Crippen molar-refractivity contribution in [3.8, 4) is 34.0 Å². The summed E-state index contributed by atoms with van der Waals surface area (Å²) in [5, 5.41) is 21.2. The summed E-state index contributed by atoms with van der Waals surface area (Å²) >= 11 is 6.67. The first-order chi connectivity index (χ1) is 16.1. The Bertz CT molecular complexity index is 1230. The molecule has 1 heterocycles. The minimum atomic E-state index is -0.774. The maximum Gasteiger partial charge on any atom is 0.325 e. The number of nitrogens with one attached hydrogen (secondary N) is 1. The van der Waals surface area contributed by atoms with Crippen LogP contribution in [0.25, 0.3) is 34.0 Å². The number of methoxy groups -OCH3 is 1. The van der Waals surface area contributed by atoms with Gasteiger partial charge in [0.2, 0.25) is 11.8 Å². The zero-order valence-corrected chi connectivity index (χ0v) is 18.6. The van der Waals surface area contributed by atoms with Crippen LogP contribution in [0.5, 0.6) is 0 Å². The topological polar surface area (TPSA) is 97.5 Å². The highest BCUT2D eigenvalue weighted by Crippen LogP contribution is 2.36. The van der Waals surface area contributed by atoms with Gasteiger partial charge in [0.05, 0.1) is 24.3 Å². The SMILES string of the molecule is COC(=O)[C@H](CO)NCc1ccc(-c2nnc(-c3cccc(-c4ccccc4)c3Cl)o2)cc1. The Morgan fingerprint density at radius 2 is 1.67 bits per heavy atom. The number of nitrogens with zero attached hydrogens (tertiary/aromatic N) is 2. The molecule has 1 atom stereocenters. The second kappa shape index (κ2) is 10.4. The Morgan fingerprint density at radius 1 is 0.970 bits per heavy atom. The molecule has 3 aromatic carbocycles. The van der Waals surface area contributed by atoms with Crippen LogP contribution < -0.4 is 5.32 Å². The molecule has 4 rings (SSSR count). The lowest BCUT2D eigenvalue weighted by Crippen LogP contribution is -2.40. The van der Waals surface area contributed by atoms with Crippen molar-refractivity contribution in [1.82, 2.24) is 15.5 Å². The summed E-state index contributed by atoms with van der Waals surface area (Å²) in [4.78, 5) is 11.6. The summed E-state index contributed by atoms with van der Waals surface area (Å²) in [5.74, 6) is 0.193. The fraction of sp³-hybridized carbons (Fsp3) is 0.160. The van der Waals surface area contributed by atoms with E-state index in [1.54, 1.807) is 0 Å². The number of carbonyl (C=O) groups excluding carboxylic acids is 1. The Morgan fingerprint density at radius 3 is 2.36 bits per heavy atom. The standard InChI is InChI=1S/C25H22ClN3O4/c1-32-25(31)21(15-30)27-14-16-10-12-18(13-11-16)23-28-29-24(33-23)20-9-5-8-19(22(20)26)17-6-3-2-4-7-17/h2-13,21,27,30H,14-15H2,1H3/t21-/m0/s1. The van der Waals surface area contributed by atoms with Crippen molar-refractivity contribution in [2.24, 2.45) is 0 Å². The zero-order chi connectivity index (χ0) is 23.2. The predicted molar refractivity (Wildman–Crippen MR) is 125 cm³/mol. The Balaban J connectivity index is 1.51. The molecule has 0 saturated carbocycles. The predicted octanol–water partition coefficient (Wildman–Crippen LogP) is 4.35. The van der Waals surface area contributed by atoms with E-state index < -0.39 is 12.0 Å². The van der Waals surface area contributed by atoms with Crippen LogP contribution in [0.4, 0.5) is 0 Å². The van der Waals surface area contributed by atoms with Crippen molar-refractivity contribution < 1.29 is 19.1 Å². The van der Waals surface area contributed by atoms with Gasteiger partial charge in [0.15, 0.2) is 0 Å². The zero-order valence-electron chi connectivity index (χ0n) is 17.9. The minimum Gasteiger partial charge on any atom is -0.468 e. The molecule has 0 aliphatic rings. The number of rotatable bonds is 8. The number of aliphatic hydroxyl groups is 1. The smallest absolute Gasteiger partial charge is 0.325 e. The van der Waals surface area contributed by atoms with Crippen LogP contribution >= 0.6 is 11.6 Å². The van der Waals surface area contributed by atoms with Gasteiger partial charge in [-0.1, -0.05) is 66.2 Å². The maximum absolute atomic E-state index is 11.6. The number of carbonyl (C=O) groups is 1. The number of benzene rings is 3. The van der Waals surface area contributed by atoms with E-state index >= 15 is 0 Å². The summed E-state index contributed by atoms with van der Waals surface area (Å²) in [7, 11) is 1.28. The number of aromatic nitrogens is 2. The summed E-state index contributed by atoms with van der Waals surface area (Å²) in [6, 6.07) is 22.2. The molecular formula is C25H22ClN3O4. The number of esters is 1. The number of ether oxygens (including phenoxy) is 1. The molecule has 0 amide bonds. The molecule has 0 aliphatic carbocycles. The van der Waals surface area contributed by atoms with Gasteiger partial charge >= 0.3 is 5.97 Å². The molecule has 4 aromatic rings. The molecule has 0 saturated heterocycles. The molecule has 168 valence electrons. The summed E-state index contributed by atoms with van der Waals surface area (Å²) < 4.78 is 10.6. The molecule has 0 bridgehead atoms. The van der Waals surface area contributed by atoms with Gasteiger partial charge in [-0.2, -0.15) is 0 Å². The van der Waals surface area contributed by atoms with Crippen molar-refractivity contribution in [2.45, 2.75) is 12.6 Å². The van der Waals surface area contributed by atoms with E-state index in [0.717, 1.165) is 22.3 Å². The third kappa shape index (κ3) is 5.12. The Hall–Kier alpha value is -3.52. The van der Waals surface area contributed by atoms with Gasteiger partial charge in [0, 0.05) is 17.7 Å². The third-order valence-electron chi connectivity index (χ3n) is 5.16. The Kier molecular flexibility index (Phi) is 7.14. The molecule has 0 aliphatic heterocycles. The lowest BCUT2D eigenvalue weighted by molar-refractivity contribution is -0.144. The van der Waals surface area contributed by atoms with Gasteiger partial charge in [-0.15, -0.1) is 10.2 Å². The van der Waals surface area contributed by atoms with Gasteiger partial charge in [-0.05, 0) is 29.3 Å². The highest BCUT2D eigenvalue weighted by molar-refractivity contribution is 6.35. The first-order valence-corrected chi connectivity index (χ1v) is 10.7. The van der Waals surface area contributed by atoms with Crippen molar-refractivity contribution in [1.29, 1.82) is 0 Å². The number of hydrogen-bond donors (Lipinski definition) is 2. The van der Waals surface area contributed by atoms with Gasteiger partial charge in [-0.3, -0.25) is 10.1 Å². The minimum absolute atomic E-state index is 0.336. The summed E-state index contributed by atoms with van der Waals surface area (Å²) in [6.07, 6.45) is 0. The summed E-state index contributed by atoms with van der Waals surface area (Å²) in [6.45, 7) is 0.0428. The molecule has 1 aromatic heterocycles. The Labute approximate surface area is 196 Å². The largest absolute Gasteiger partial charge is 0.468 e. The highest BCUT2D eigenvalue weighted by atomic mass is 35.5. The first-order valence-electron chi connectivity index (χ1n) is 10.3. The van der Waals surface area contributed by atoms with E-state index in [1.807, 2.05) is 72.8 Å². The van der Waals surface area contributed by atoms with Crippen LogP contribution in [0.1, 0.15) is 5.56 Å². The van der Waals surface area contributed by atoms with Crippen molar-refractivity contribution in [3.05, 3.63) is 83.4 Å². The van der Waals surface area contributed by atoms with E-state index in [-0.39, 0.29) is 6.61 Å². The molecule has 0 fully saturated rings. The van der Waals surface area contributed by atoms with Crippen molar-refractivity contribution in [2.75, 3.05) is 13.7 Å². The number of hydrogen-bond acceptors (Lipinski definition) is 7. The fourth-order valence-corrected chi connectivity index (χ4v) is 3.67. The van der Waals surface area contributed by atoms with Gasteiger partial charge < -0.3 is 14.3 Å². The molecule has 8 heteroatoms. The number of halogens is 1. The van der Waals surface area contributed by atoms with Crippen LogP contribution in [-0.4, -0.2) is 41.0 Å². The number of aliphatic hydroxyl groups excluding tert-OH is 1. The highest BCUT2D eigenvalue weighted by Gasteiger charge is 2.18. The van der Waals surface area contributed by atoms with E-state index in [0.29, 0.717) is 28.9 Å². The maximum atomic E-state index is 11.6. The first kappa shape index (κ1) is 22.7. The third-order valence-corrected chi connectivity index (χ3v) is 5.57. The molecule has 7 nitrogen and oxygen atoms in total. The summed E-state index contributed by atoms with van der Waals surface area (Å²) in [5.41, 5.74) is 4.22. The quantitative estimate of drug-likeness (QED) is 0.375. The van der Waals surface area contributed by atoms with Crippen molar-refractivity contribution in [3.63, 3.8) is 0 Å². The van der Waals surface area contributed by atoms with E-state index in [4.69, 9.17) is 16.0 Å². The lowest BCUT2D eigenvalue weighted by Gasteiger charge is -2.13. The van der Waals surface area contributed by atoms with Gasteiger partial charge in [0.1, 0.15) is 6.04 Å². The lowest BCUT2D eigenvalue weighted by atomic mass is 10.0. The van der Waals surface area contributed by atoms with E-state index in [9.17, 15) is 9.90 Å². The molecule has 0 unspecified atom stereocenters. The second-order valence-electron chi connectivity index (χ2n) is 7.28. The van der Waals surface area contributed by atoms with Crippen LogP contribution in [-0.2, 0) is 16.1 Å². The molecule has 33 heavy (non-hydrogen) atoms. The van der Waals surface area contributed by atoms with Crippen LogP contribution in [0.2, 0.25) is 5.02 Å². The average Bonchev–Trinajstić information content (AvgIpc) is 3.35. The van der Waals surface area contributed by atoms with E-state index in [2.05, 4.69) is 20.3 Å². The molecule has 0 spiro atoms. The van der Waals surface area contributed by atoms with Gasteiger partial charge in [0.25, 0.3) is 0 Å². The molecule has 2 N–H and O–H groups in total.